The van der Waals surface area contributed by atoms with Crippen LogP contribution in [0.2, 0.25) is 0 Å². The first-order valence-electron chi connectivity index (χ1n) is 7.90. The van der Waals surface area contributed by atoms with Crippen LogP contribution in [0.3, 0.4) is 0 Å². The highest BCUT2D eigenvalue weighted by molar-refractivity contribution is 5.69. The third kappa shape index (κ3) is 3.04. The Morgan fingerprint density at radius 3 is 2.43 bits per heavy atom. The summed E-state index contributed by atoms with van der Waals surface area (Å²) < 4.78 is 8.14. The summed E-state index contributed by atoms with van der Waals surface area (Å²) in [5.41, 5.74) is -0.00635. The number of aromatic nitrogens is 2. The summed E-state index contributed by atoms with van der Waals surface area (Å²) in [6.45, 7) is 10.0. The van der Waals surface area contributed by atoms with Crippen molar-refractivity contribution in [2.45, 2.75) is 59.2 Å². The molecule has 0 spiro atoms. The van der Waals surface area contributed by atoms with Gasteiger partial charge in [-0.05, 0) is 34.6 Å². The number of ether oxygens (including phenoxy) is 1. The molecular weight excluding hydrogens is 298 g/mol. The van der Waals surface area contributed by atoms with Crippen LogP contribution in [0.25, 0.3) is 0 Å². The lowest BCUT2D eigenvalue weighted by atomic mass is 9.99. The summed E-state index contributed by atoms with van der Waals surface area (Å²) in [5.74, 6) is 0. The van der Waals surface area contributed by atoms with Gasteiger partial charge in [-0.3, -0.25) is 13.9 Å². The Balaban J connectivity index is 2.50. The lowest BCUT2D eigenvalue weighted by Crippen LogP contribution is -2.50. The Morgan fingerprint density at radius 2 is 1.91 bits per heavy atom. The standard InChI is InChI=1S/C16H25N3O4/c1-7-18-11-8-9-19(15(22)23-16(3,4)5)10(2)12(11)13(20)17(6)14(18)21/h10H,7-9H2,1-6H3. The van der Waals surface area contributed by atoms with Crippen LogP contribution >= 0.6 is 0 Å². The van der Waals surface area contributed by atoms with E-state index in [9.17, 15) is 14.4 Å². The summed E-state index contributed by atoms with van der Waals surface area (Å²) in [7, 11) is 1.47. The molecule has 2 rings (SSSR count). The number of rotatable bonds is 1. The van der Waals surface area contributed by atoms with Gasteiger partial charge in [-0.2, -0.15) is 0 Å². The molecule has 0 radical (unpaired) electrons. The average Bonchev–Trinajstić information content (AvgIpc) is 2.43. The van der Waals surface area contributed by atoms with E-state index in [1.807, 2.05) is 6.92 Å². The average molecular weight is 323 g/mol. The second-order valence-electron chi connectivity index (χ2n) is 6.85. The van der Waals surface area contributed by atoms with Crippen LogP contribution in [-0.2, 0) is 24.8 Å². The molecule has 128 valence electrons. The second-order valence-corrected chi connectivity index (χ2v) is 6.85. The van der Waals surface area contributed by atoms with Crippen molar-refractivity contribution in [1.29, 1.82) is 0 Å². The maximum absolute atomic E-state index is 12.5. The molecule has 0 bridgehead atoms. The van der Waals surface area contributed by atoms with Crippen molar-refractivity contribution in [2.24, 2.45) is 7.05 Å². The molecule has 0 saturated heterocycles. The molecule has 1 aromatic heterocycles. The number of hydrogen-bond acceptors (Lipinski definition) is 4. The molecule has 1 atom stereocenters. The zero-order chi connectivity index (χ0) is 17.5. The van der Waals surface area contributed by atoms with Gasteiger partial charge in [0.1, 0.15) is 5.60 Å². The number of hydrogen-bond donors (Lipinski definition) is 0. The van der Waals surface area contributed by atoms with Crippen molar-refractivity contribution in [3.05, 3.63) is 32.1 Å². The van der Waals surface area contributed by atoms with Crippen molar-refractivity contribution in [3.8, 4) is 0 Å². The molecule has 0 aliphatic carbocycles. The molecule has 0 N–H and O–H groups in total. The van der Waals surface area contributed by atoms with Crippen LogP contribution in [0.1, 0.15) is 51.9 Å². The van der Waals surface area contributed by atoms with Crippen molar-refractivity contribution < 1.29 is 9.53 Å². The van der Waals surface area contributed by atoms with Crippen LogP contribution < -0.4 is 11.2 Å². The Bertz CT molecular complexity index is 739. The number of carbonyl (C=O) groups excluding carboxylic acids is 1. The maximum Gasteiger partial charge on any atom is 0.410 e. The van der Waals surface area contributed by atoms with E-state index in [-0.39, 0.29) is 11.2 Å². The fourth-order valence-corrected chi connectivity index (χ4v) is 2.99. The predicted octanol–water partition coefficient (Wildman–Crippen LogP) is 1.42. The molecule has 1 aliphatic rings. The number of nitrogens with zero attached hydrogens (tertiary/aromatic N) is 3. The monoisotopic (exact) mass is 323 g/mol. The van der Waals surface area contributed by atoms with Crippen LogP contribution in [-0.4, -0.2) is 32.3 Å². The summed E-state index contributed by atoms with van der Waals surface area (Å²) in [4.78, 5) is 38.7. The summed E-state index contributed by atoms with van der Waals surface area (Å²) in [5, 5.41) is 0. The fourth-order valence-electron chi connectivity index (χ4n) is 2.99. The minimum absolute atomic E-state index is 0.311. The molecule has 7 nitrogen and oxygen atoms in total. The van der Waals surface area contributed by atoms with Gasteiger partial charge in [-0.15, -0.1) is 0 Å². The first-order chi connectivity index (χ1) is 10.6. The summed E-state index contributed by atoms with van der Waals surface area (Å²) in [6.07, 6.45) is 0.0323. The van der Waals surface area contributed by atoms with Gasteiger partial charge in [0.15, 0.2) is 0 Å². The van der Waals surface area contributed by atoms with E-state index in [2.05, 4.69) is 0 Å². The smallest absolute Gasteiger partial charge is 0.410 e. The van der Waals surface area contributed by atoms with E-state index < -0.39 is 17.7 Å². The predicted molar refractivity (Wildman–Crippen MR) is 86.7 cm³/mol. The Kier molecular flexibility index (Phi) is 4.41. The van der Waals surface area contributed by atoms with Gasteiger partial charge < -0.3 is 9.64 Å². The topological polar surface area (TPSA) is 73.5 Å². The molecular formula is C16H25N3O4. The molecule has 1 unspecified atom stereocenters. The maximum atomic E-state index is 12.5. The molecule has 7 heteroatoms. The van der Waals surface area contributed by atoms with E-state index in [4.69, 9.17) is 4.74 Å². The van der Waals surface area contributed by atoms with Crippen molar-refractivity contribution in [2.75, 3.05) is 6.54 Å². The third-order valence-corrected chi connectivity index (χ3v) is 4.11. The zero-order valence-corrected chi connectivity index (χ0v) is 14.7. The van der Waals surface area contributed by atoms with E-state index >= 15 is 0 Å². The van der Waals surface area contributed by atoms with Crippen molar-refractivity contribution in [3.63, 3.8) is 0 Å². The van der Waals surface area contributed by atoms with Gasteiger partial charge in [-0.1, -0.05) is 0 Å². The first-order valence-corrected chi connectivity index (χ1v) is 7.90. The first kappa shape index (κ1) is 17.3. The van der Waals surface area contributed by atoms with Gasteiger partial charge in [0.05, 0.1) is 11.6 Å². The number of fused-ring (bicyclic) bond motifs is 1. The highest BCUT2D eigenvalue weighted by atomic mass is 16.6. The highest BCUT2D eigenvalue weighted by Crippen LogP contribution is 2.27. The SMILES string of the molecule is CCn1c2c(c(=O)n(C)c1=O)C(C)N(C(=O)OC(C)(C)C)CC2. The van der Waals surface area contributed by atoms with E-state index in [1.165, 1.54) is 7.05 Å². The molecule has 23 heavy (non-hydrogen) atoms. The van der Waals surface area contributed by atoms with Gasteiger partial charge in [-0.25, -0.2) is 9.59 Å². The Labute approximate surface area is 135 Å². The van der Waals surface area contributed by atoms with Crippen LogP contribution in [0.5, 0.6) is 0 Å². The van der Waals surface area contributed by atoms with E-state index in [1.54, 1.807) is 37.2 Å². The fraction of sp³-hybridized carbons (Fsp3) is 0.688. The molecule has 0 saturated carbocycles. The lowest BCUT2D eigenvalue weighted by molar-refractivity contribution is 0.0153. The Hall–Kier alpha value is -2.05. The molecule has 0 fully saturated rings. The molecule has 1 amide bonds. The van der Waals surface area contributed by atoms with E-state index in [0.29, 0.717) is 25.1 Å². The molecule has 0 aromatic carbocycles. The molecule has 2 heterocycles. The Morgan fingerprint density at radius 1 is 1.30 bits per heavy atom. The normalized spacial score (nSPS) is 17.8. The van der Waals surface area contributed by atoms with Crippen molar-refractivity contribution >= 4 is 6.09 Å². The summed E-state index contributed by atoms with van der Waals surface area (Å²) >= 11 is 0. The highest BCUT2D eigenvalue weighted by Gasteiger charge is 2.34. The quantitative estimate of drug-likeness (QED) is 0.783. The minimum Gasteiger partial charge on any atom is -0.444 e. The summed E-state index contributed by atoms with van der Waals surface area (Å²) in [6, 6.07) is -0.425. The second kappa shape index (κ2) is 5.86. The number of carbonyl (C=O) groups is 1. The van der Waals surface area contributed by atoms with Gasteiger partial charge in [0, 0.05) is 32.3 Å². The van der Waals surface area contributed by atoms with Gasteiger partial charge in [0.2, 0.25) is 0 Å². The van der Waals surface area contributed by atoms with Crippen LogP contribution in [0, 0.1) is 0 Å². The van der Waals surface area contributed by atoms with Crippen LogP contribution in [0.15, 0.2) is 9.59 Å². The largest absolute Gasteiger partial charge is 0.444 e. The number of amides is 1. The molecule has 1 aromatic rings. The van der Waals surface area contributed by atoms with E-state index in [0.717, 1.165) is 10.3 Å². The van der Waals surface area contributed by atoms with Gasteiger partial charge in [0.25, 0.3) is 5.56 Å². The van der Waals surface area contributed by atoms with Gasteiger partial charge >= 0.3 is 11.8 Å². The molecule has 1 aliphatic heterocycles. The lowest BCUT2D eigenvalue weighted by Gasteiger charge is -2.36. The zero-order valence-electron chi connectivity index (χ0n) is 14.7. The third-order valence-electron chi connectivity index (χ3n) is 4.11. The van der Waals surface area contributed by atoms with Crippen LogP contribution in [0.4, 0.5) is 4.79 Å². The van der Waals surface area contributed by atoms with Crippen molar-refractivity contribution in [1.82, 2.24) is 14.0 Å². The minimum atomic E-state index is -0.593.